The van der Waals surface area contributed by atoms with Gasteiger partial charge in [0.25, 0.3) is 0 Å². The van der Waals surface area contributed by atoms with E-state index in [9.17, 15) is 4.39 Å². The molecule has 0 heterocycles. The largest absolute Gasteiger partial charge is 2.00 e. The van der Waals surface area contributed by atoms with Gasteiger partial charge in [-0.3, -0.25) is 0 Å². The summed E-state index contributed by atoms with van der Waals surface area (Å²) in [6.45, 7) is 2.19. The Morgan fingerprint density at radius 2 is 1.94 bits per heavy atom. The van der Waals surface area contributed by atoms with Crippen LogP contribution in [-0.2, 0) is 6.61 Å². The molecule has 0 aliphatic heterocycles. The molecule has 2 aromatic rings. The summed E-state index contributed by atoms with van der Waals surface area (Å²) >= 11 is 0. The summed E-state index contributed by atoms with van der Waals surface area (Å²) in [5.41, 5.74) is 1.57. The Kier molecular flexibility index (Phi) is 8.23. The minimum Gasteiger partial charge on any atom is -1.00 e. The maximum Gasteiger partial charge on any atom is 2.00 e. The van der Waals surface area contributed by atoms with Crippen molar-refractivity contribution in [3.05, 3.63) is 65.5 Å². The van der Waals surface area contributed by atoms with Crippen LogP contribution in [-0.4, -0.2) is 23.1 Å². The maximum absolute atomic E-state index is 13.3. The maximum atomic E-state index is 13.3. The third kappa shape index (κ3) is 4.96. The predicted molar refractivity (Wildman–Crippen MR) is 66.5 cm³/mol. The summed E-state index contributed by atoms with van der Waals surface area (Å²) < 4.78 is 18.8. The minimum atomic E-state index is -0.235. The van der Waals surface area contributed by atoms with E-state index in [2.05, 4.69) is 6.07 Å². The van der Waals surface area contributed by atoms with Crippen molar-refractivity contribution in [3.8, 4) is 5.75 Å². The zero-order chi connectivity index (χ0) is 11.4. The van der Waals surface area contributed by atoms with Gasteiger partial charge in [-0.05, 0) is 6.07 Å². The molecule has 0 fully saturated rings. The molecular weight excluding hydrogens is 307 g/mol. The molecule has 0 atom stereocenters. The van der Waals surface area contributed by atoms with Gasteiger partial charge in [-0.1, -0.05) is 25.1 Å². The van der Waals surface area contributed by atoms with Crippen molar-refractivity contribution < 1.29 is 26.1 Å². The van der Waals surface area contributed by atoms with Crippen LogP contribution in [0.4, 0.5) is 4.39 Å². The fourth-order valence-electron chi connectivity index (χ4n) is 1.42. The van der Waals surface area contributed by atoms with Gasteiger partial charge in [0.05, 0.1) is 0 Å². The molecule has 90 valence electrons. The molecule has 0 unspecified atom stereocenters. The Morgan fingerprint density at radius 3 is 2.61 bits per heavy atom. The van der Waals surface area contributed by atoms with Crippen molar-refractivity contribution in [2.45, 2.75) is 13.5 Å². The van der Waals surface area contributed by atoms with Gasteiger partial charge in [0.1, 0.15) is 12.4 Å². The number of halogens is 2. The predicted octanol–water partition coefficient (Wildman–Crippen LogP) is 0.137. The summed E-state index contributed by atoms with van der Waals surface area (Å²) in [7, 11) is 0. The molecule has 1 nitrogen and oxygen atoms in total. The second-order valence-electron chi connectivity index (χ2n) is 3.59. The van der Waals surface area contributed by atoms with Crippen molar-refractivity contribution in [1.29, 1.82) is 0 Å². The third-order valence-electron chi connectivity index (χ3n) is 2.27. The topological polar surface area (TPSA) is 9.23 Å². The zero-order valence-electron chi connectivity index (χ0n) is 10.1. The van der Waals surface area contributed by atoms with Crippen molar-refractivity contribution in [1.82, 2.24) is 0 Å². The van der Waals surface area contributed by atoms with Crippen molar-refractivity contribution in [2.75, 3.05) is 0 Å². The number of ether oxygens (including phenoxy) is 1. The van der Waals surface area contributed by atoms with E-state index >= 15 is 0 Å². The summed E-state index contributed by atoms with van der Waals surface area (Å²) in [5, 5.41) is 0. The second kappa shape index (κ2) is 8.51. The van der Waals surface area contributed by atoms with Crippen LogP contribution in [0.15, 0.2) is 42.5 Å². The molecule has 0 aliphatic rings. The van der Waals surface area contributed by atoms with Crippen LogP contribution in [0.1, 0.15) is 11.1 Å². The van der Waals surface area contributed by atoms with Crippen LogP contribution >= 0.6 is 0 Å². The molecule has 0 saturated carbocycles. The van der Waals surface area contributed by atoms with E-state index in [4.69, 9.17) is 4.74 Å². The van der Waals surface area contributed by atoms with Crippen LogP contribution in [0, 0.1) is 18.8 Å². The molecule has 2 aromatic carbocycles. The normalized spacial score (nSPS) is 9.00. The Bertz CT molecular complexity index is 491. The molecule has 4 heteroatoms. The number of aryl methyl sites for hydroxylation is 1. The van der Waals surface area contributed by atoms with Crippen LogP contribution in [0.5, 0.6) is 5.75 Å². The van der Waals surface area contributed by atoms with Crippen molar-refractivity contribution in [3.63, 3.8) is 0 Å². The average molecular weight is 319 g/mol. The SMILES string of the molecule is Cc1[c-]ccc(OCc2ccccc2F)c1.[Br-].[Mg+2]. The van der Waals surface area contributed by atoms with Crippen LogP contribution < -0.4 is 21.7 Å². The number of hydrogen-bond acceptors (Lipinski definition) is 1. The first kappa shape index (κ1) is 17.4. The first-order valence-electron chi connectivity index (χ1n) is 5.10. The first-order valence-corrected chi connectivity index (χ1v) is 5.10. The van der Waals surface area contributed by atoms with E-state index in [0.29, 0.717) is 5.56 Å². The van der Waals surface area contributed by atoms with E-state index in [0.717, 1.165) is 11.3 Å². The summed E-state index contributed by atoms with van der Waals surface area (Å²) in [5.74, 6) is 0.501. The van der Waals surface area contributed by atoms with E-state index < -0.39 is 0 Å². The Hall–Kier alpha value is -0.584. The summed E-state index contributed by atoms with van der Waals surface area (Å²) in [6.07, 6.45) is 0. The molecule has 0 spiro atoms. The third-order valence-corrected chi connectivity index (χ3v) is 2.27. The molecular formula is C14H12BrFMgO. The number of rotatable bonds is 3. The molecule has 0 amide bonds. The zero-order valence-corrected chi connectivity index (χ0v) is 13.1. The van der Waals surface area contributed by atoms with Gasteiger partial charge in [-0.25, -0.2) is 4.39 Å². The number of hydrogen-bond donors (Lipinski definition) is 0. The smallest absolute Gasteiger partial charge is 1.00 e. The van der Waals surface area contributed by atoms with E-state index in [1.165, 1.54) is 6.07 Å². The molecule has 0 aliphatic carbocycles. The van der Waals surface area contributed by atoms with Gasteiger partial charge >= 0.3 is 23.1 Å². The summed E-state index contributed by atoms with van der Waals surface area (Å²) in [6, 6.07) is 15.1. The first-order chi connectivity index (χ1) is 7.75. The molecule has 0 aromatic heterocycles. The molecule has 0 radical (unpaired) electrons. The number of benzene rings is 2. The minimum absolute atomic E-state index is 0. The van der Waals surface area contributed by atoms with Gasteiger partial charge in [-0.15, -0.1) is 12.1 Å². The van der Waals surface area contributed by atoms with Gasteiger partial charge in [0, 0.05) is 11.3 Å². The van der Waals surface area contributed by atoms with Crippen molar-refractivity contribution >= 4 is 23.1 Å². The van der Waals surface area contributed by atoms with Crippen molar-refractivity contribution in [2.24, 2.45) is 0 Å². The quantitative estimate of drug-likeness (QED) is 0.578. The van der Waals surface area contributed by atoms with E-state index in [1.807, 2.05) is 19.1 Å². The Labute approximate surface area is 133 Å². The Balaban J connectivity index is 0.00000144. The monoisotopic (exact) mass is 318 g/mol. The fraction of sp³-hybridized carbons (Fsp3) is 0.143. The van der Waals surface area contributed by atoms with Gasteiger partial charge < -0.3 is 21.7 Å². The Morgan fingerprint density at radius 1 is 1.22 bits per heavy atom. The molecule has 2 rings (SSSR count). The standard InChI is InChI=1S/C14H12FO.BrH.Mg/c1-11-5-4-7-13(9-11)16-10-12-6-2-3-8-14(12)15;;/h2-4,6-9H,10H2,1H3;1H;/q-1;;+2/p-1. The second-order valence-corrected chi connectivity index (χ2v) is 3.59. The van der Waals surface area contributed by atoms with Gasteiger partial charge in [-0.2, -0.15) is 17.7 Å². The molecule has 0 bridgehead atoms. The van der Waals surface area contributed by atoms with Gasteiger partial charge in [0.15, 0.2) is 0 Å². The van der Waals surface area contributed by atoms with Gasteiger partial charge in [0.2, 0.25) is 0 Å². The van der Waals surface area contributed by atoms with E-state index in [-0.39, 0.29) is 52.5 Å². The van der Waals surface area contributed by atoms with Crippen LogP contribution in [0.3, 0.4) is 0 Å². The van der Waals surface area contributed by atoms with Crippen LogP contribution in [0.2, 0.25) is 0 Å². The summed E-state index contributed by atoms with van der Waals surface area (Å²) in [4.78, 5) is 0. The fourth-order valence-corrected chi connectivity index (χ4v) is 1.42. The molecule has 0 saturated heterocycles. The molecule has 0 N–H and O–H groups in total. The van der Waals surface area contributed by atoms with E-state index in [1.54, 1.807) is 24.3 Å². The molecule has 18 heavy (non-hydrogen) atoms. The van der Waals surface area contributed by atoms with Crippen LogP contribution in [0.25, 0.3) is 0 Å². The average Bonchev–Trinajstić information content (AvgIpc) is 2.28.